The van der Waals surface area contributed by atoms with Crippen LogP contribution in [-0.2, 0) is 6.54 Å². The monoisotopic (exact) mass is 348 g/mol. The van der Waals surface area contributed by atoms with Gasteiger partial charge in [0.15, 0.2) is 23.1 Å². The van der Waals surface area contributed by atoms with Gasteiger partial charge < -0.3 is 20.1 Å². The van der Waals surface area contributed by atoms with Crippen LogP contribution in [0.3, 0.4) is 0 Å². The summed E-state index contributed by atoms with van der Waals surface area (Å²) in [5, 5.41) is 5.40. The van der Waals surface area contributed by atoms with Gasteiger partial charge in [0.05, 0.1) is 6.04 Å². The fourth-order valence-corrected chi connectivity index (χ4v) is 2.49. The molecule has 1 unspecified atom stereocenters. The lowest BCUT2D eigenvalue weighted by Gasteiger charge is -2.19. The number of urea groups is 1. The molecule has 5 nitrogen and oxygen atoms in total. The Bertz CT molecular complexity index is 783. The number of nitrogens with one attached hydrogen (secondary N) is 2. The van der Waals surface area contributed by atoms with Gasteiger partial charge in [0, 0.05) is 6.54 Å². The highest BCUT2D eigenvalue weighted by Gasteiger charge is 2.14. The van der Waals surface area contributed by atoms with E-state index < -0.39 is 23.7 Å². The molecule has 2 amide bonds. The van der Waals surface area contributed by atoms with Gasteiger partial charge in [0.25, 0.3) is 0 Å². The van der Waals surface area contributed by atoms with Gasteiger partial charge in [0.1, 0.15) is 13.2 Å². The minimum absolute atomic E-state index is 0.299. The lowest BCUT2D eigenvalue weighted by atomic mass is 10.1. The molecular formula is C18H18F2N2O3. The number of hydrogen-bond acceptors (Lipinski definition) is 3. The van der Waals surface area contributed by atoms with Crippen LogP contribution in [-0.4, -0.2) is 19.2 Å². The van der Waals surface area contributed by atoms with E-state index in [2.05, 4.69) is 10.6 Å². The van der Waals surface area contributed by atoms with Gasteiger partial charge in [-0.15, -0.1) is 0 Å². The predicted octanol–water partition coefficient (Wildman–Crippen LogP) is 3.30. The maximum Gasteiger partial charge on any atom is 0.315 e. The molecule has 1 atom stereocenters. The second-order valence-electron chi connectivity index (χ2n) is 5.70. The minimum Gasteiger partial charge on any atom is -0.486 e. The van der Waals surface area contributed by atoms with Crippen LogP contribution in [0.2, 0.25) is 0 Å². The number of amides is 2. The number of fused-ring (bicyclic) bond motifs is 1. The molecule has 25 heavy (non-hydrogen) atoms. The first kappa shape index (κ1) is 17.0. The molecule has 1 aliphatic rings. The largest absolute Gasteiger partial charge is 0.486 e. The second kappa shape index (κ2) is 7.38. The van der Waals surface area contributed by atoms with Crippen molar-refractivity contribution in [2.45, 2.75) is 19.5 Å². The van der Waals surface area contributed by atoms with Crippen molar-refractivity contribution in [2.24, 2.45) is 0 Å². The maximum atomic E-state index is 13.3. The van der Waals surface area contributed by atoms with E-state index in [0.29, 0.717) is 36.8 Å². The fourth-order valence-electron chi connectivity index (χ4n) is 2.49. The highest BCUT2D eigenvalue weighted by molar-refractivity contribution is 5.74. The molecule has 0 fully saturated rings. The first-order valence-corrected chi connectivity index (χ1v) is 7.91. The number of carbonyl (C=O) groups excluding carboxylic acids is 1. The molecule has 3 rings (SSSR count). The van der Waals surface area contributed by atoms with Crippen LogP contribution in [0, 0.1) is 11.6 Å². The average Bonchev–Trinajstić information content (AvgIpc) is 2.62. The van der Waals surface area contributed by atoms with Crippen LogP contribution in [0.25, 0.3) is 0 Å². The van der Waals surface area contributed by atoms with Crippen molar-refractivity contribution in [3.63, 3.8) is 0 Å². The van der Waals surface area contributed by atoms with Crippen molar-refractivity contribution in [3.8, 4) is 11.5 Å². The fraction of sp³-hybridized carbons (Fsp3) is 0.278. The Morgan fingerprint density at radius 2 is 1.84 bits per heavy atom. The van der Waals surface area contributed by atoms with Crippen LogP contribution in [0.4, 0.5) is 13.6 Å². The molecule has 7 heteroatoms. The highest BCUT2D eigenvalue weighted by Crippen LogP contribution is 2.30. The van der Waals surface area contributed by atoms with Crippen molar-refractivity contribution in [1.29, 1.82) is 0 Å². The Labute approximate surface area is 143 Å². The van der Waals surface area contributed by atoms with Crippen LogP contribution in [0.15, 0.2) is 36.4 Å². The number of rotatable bonds is 4. The molecule has 2 N–H and O–H groups in total. The zero-order valence-electron chi connectivity index (χ0n) is 13.6. The van der Waals surface area contributed by atoms with Gasteiger partial charge in [0.2, 0.25) is 0 Å². The van der Waals surface area contributed by atoms with Crippen molar-refractivity contribution in [3.05, 3.63) is 59.2 Å². The number of halogens is 2. The van der Waals surface area contributed by atoms with Gasteiger partial charge in [-0.1, -0.05) is 12.1 Å². The zero-order chi connectivity index (χ0) is 17.8. The molecule has 2 aromatic rings. The molecule has 0 aromatic heterocycles. The second-order valence-corrected chi connectivity index (χ2v) is 5.70. The molecule has 1 aliphatic heterocycles. The third kappa shape index (κ3) is 4.17. The molecule has 0 saturated heterocycles. The Kier molecular flexibility index (Phi) is 5.02. The summed E-state index contributed by atoms with van der Waals surface area (Å²) in [7, 11) is 0. The summed E-state index contributed by atoms with van der Waals surface area (Å²) < 4.78 is 37.2. The minimum atomic E-state index is -0.942. The van der Waals surface area contributed by atoms with Crippen LogP contribution in [0.5, 0.6) is 11.5 Å². The smallest absolute Gasteiger partial charge is 0.315 e. The maximum absolute atomic E-state index is 13.3. The van der Waals surface area contributed by atoms with E-state index in [4.69, 9.17) is 9.47 Å². The van der Waals surface area contributed by atoms with Crippen molar-refractivity contribution >= 4 is 6.03 Å². The van der Waals surface area contributed by atoms with E-state index in [1.54, 1.807) is 13.0 Å². The van der Waals surface area contributed by atoms with E-state index in [0.717, 1.165) is 17.7 Å². The Balaban J connectivity index is 1.54. The summed E-state index contributed by atoms with van der Waals surface area (Å²) in [6.45, 7) is 3.01. The van der Waals surface area contributed by atoms with Crippen LogP contribution >= 0.6 is 0 Å². The third-order valence-electron chi connectivity index (χ3n) is 3.85. The topological polar surface area (TPSA) is 59.6 Å². The Hall–Kier alpha value is -2.83. The Morgan fingerprint density at radius 3 is 2.60 bits per heavy atom. The summed E-state index contributed by atoms with van der Waals surface area (Å²) in [5.41, 5.74) is 1.34. The first-order valence-electron chi connectivity index (χ1n) is 7.91. The molecule has 0 radical (unpaired) electrons. The molecule has 132 valence electrons. The van der Waals surface area contributed by atoms with Crippen molar-refractivity contribution in [2.75, 3.05) is 13.2 Å². The quantitative estimate of drug-likeness (QED) is 0.891. The number of hydrogen-bond donors (Lipinski definition) is 2. The zero-order valence-corrected chi connectivity index (χ0v) is 13.6. The number of ether oxygens (including phenoxy) is 2. The summed E-state index contributed by atoms with van der Waals surface area (Å²) in [5.74, 6) is -0.519. The van der Waals surface area contributed by atoms with Crippen molar-refractivity contribution in [1.82, 2.24) is 10.6 Å². The van der Waals surface area contributed by atoms with E-state index in [9.17, 15) is 13.6 Å². The van der Waals surface area contributed by atoms with E-state index in [1.807, 2.05) is 12.1 Å². The standard InChI is InChI=1S/C18H18F2N2O3/c1-11(13-3-4-14(19)15(20)9-13)22-18(23)21-10-12-2-5-16-17(8-12)25-7-6-24-16/h2-5,8-9,11H,6-7,10H2,1H3,(H2,21,22,23). The highest BCUT2D eigenvalue weighted by atomic mass is 19.2. The van der Waals surface area contributed by atoms with Crippen LogP contribution in [0.1, 0.15) is 24.1 Å². The molecule has 0 aliphatic carbocycles. The van der Waals surface area contributed by atoms with E-state index in [1.165, 1.54) is 6.07 Å². The van der Waals surface area contributed by atoms with Crippen molar-refractivity contribution < 1.29 is 23.0 Å². The summed E-state index contributed by atoms with van der Waals surface area (Å²) >= 11 is 0. The lowest BCUT2D eigenvalue weighted by molar-refractivity contribution is 0.171. The molecule has 2 aromatic carbocycles. The van der Waals surface area contributed by atoms with Gasteiger partial charge in [-0.25, -0.2) is 13.6 Å². The predicted molar refractivity (Wildman–Crippen MR) is 87.6 cm³/mol. The summed E-state index contributed by atoms with van der Waals surface area (Å²) in [4.78, 5) is 12.0. The average molecular weight is 348 g/mol. The number of carbonyl (C=O) groups is 1. The normalized spacial score (nSPS) is 13.9. The first-order chi connectivity index (χ1) is 12.0. The third-order valence-corrected chi connectivity index (χ3v) is 3.85. The SMILES string of the molecule is CC(NC(=O)NCc1ccc2c(c1)OCCO2)c1ccc(F)c(F)c1. The molecule has 1 heterocycles. The summed E-state index contributed by atoms with van der Waals surface area (Å²) in [6, 6.07) is 8.12. The van der Waals surface area contributed by atoms with Crippen LogP contribution < -0.4 is 20.1 Å². The summed E-state index contributed by atoms with van der Waals surface area (Å²) in [6.07, 6.45) is 0. The van der Waals surface area contributed by atoms with Gasteiger partial charge in [-0.05, 0) is 42.3 Å². The van der Waals surface area contributed by atoms with Gasteiger partial charge in [-0.3, -0.25) is 0 Å². The molecule has 0 bridgehead atoms. The van der Waals surface area contributed by atoms with E-state index in [-0.39, 0.29) is 0 Å². The number of benzene rings is 2. The molecule has 0 saturated carbocycles. The lowest BCUT2D eigenvalue weighted by Crippen LogP contribution is -2.36. The van der Waals surface area contributed by atoms with Gasteiger partial charge in [-0.2, -0.15) is 0 Å². The molecular weight excluding hydrogens is 330 g/mol. The van der Waals surface area contributed by atoms with Gasteiger partial charge >= 0.3 is 6.03 Å². The van der Waals surface area contributed by atoms with E-state index >= 15 is 0 Å². The Morgan fingerprint density at radius 1 is 1.08 bits per heavy atom. The molecule has 0 spiro atoms.